The molecule has 0 amide bonds. The molecule has 0 unspecified atom stereocenters. The van der Waals surface area contributed by atoms with Crippen LogP contribution in [0, 0.1) is 11.7 Å². The molecule has 26 heavy (non-hydrogen) atoms. The van der Waals surface area contributed by atoms with Gasteiger partial charge in [-0.3, -0.25) is 4.99 Å². The van der Waals surface area contributed by atoms with Crippen LogP contribution >= 0.6 is 24.0 Å². The van der Waals surface area contributed by atoms with E-state index in [9.17, 15) is 4.39 Å². The molecule has 1 aromatic rings. The molecule has 1 N–H and O–H groups in total. The van der Waals surface area contributed by atoms with Crippen LogP contribution in [0.25, 0.3) is 0 Å². The lowest BCUT2D eigenvalue weighted by Gasteiger charge is -2.30. The number of nitrogens with zero attached hydrogens (tertiary/aromatic N) is 3. The maximum atomic E-state index is 13.0. The second kappa shape index (κ2) is 12.5. The number of rotatable bonds is 7. The molecule has 0 saturated carbocycles. The zero-order valence-corrected chi connectivity index (χ0v) is 18.7. The molecule has 1 fully saturated rings. The first kappa shape index (κ1) is 23.1. The Hall–Kier alpha value is -0.890. The van der Waals surface area contributed by atoms with Crippen molar-refractivity contribution in [1.29, 1.82) is 0 Å². The molecule has 4 nitrogen and oxygen atoms in total. The topological polar surface area (TPSA) is 30.9 Å². The SMILES string of the molecule is CN=C(NCCCCN1CCC(C)CC1)N(C)Cc1ccc(F)cc1.I. The van der Waals surface area contributed by atoms with Gasteiger partial charge in [0.25, 0.3) is 0 Å². The summed E-state index contributed by atoms with van der Waals surface area (Å²) in [7, 11) is 3.81. The Morgan fingerprint density at radius 1 is 1.23 bits per heavy atom. The summed E-state index contributed by atoms with van der Waals surface area (Å²) >= 11 is 0. The Bertz CT molecular complexity index is 527. The fraction of sp³-hybridized carbons (Fsp3) is 0.650. The van der Waals surface area contributed by atoms with Crippen molar-refractivity contribution in [1.82, 2.24) is 15.1 Å². The van der Waals surface area contributed by atoms with Crippen molar-refractivity contribution in [2.45, 2.75) is 39.2 Å². The third-order valence-corrected chi connectivity index (χ3v) is 4.97. The molecule has 0 bridgehead atoms. The maximum Gasteiger partial charge on any atom is 0.193 e. The minimum Gasteiger partial charge on any atom is -0.356 e. The van der Waals surface area contributed by atoms with Gasteiger partial charge in [0, 0.05) is 27.2 Å². The van der Waals surface area contributed by atoms with Crippen LogP contribution in [0.1, 0.15) is 38.2 Å². The van der Waals surface area contributed by atoms with E-state index in [0.717, 1.165) is 30.4 Å². The highest BCUT2D eigenvalue weighted by molar-refractivity contribution is 14.0. The molecular weight excluding hydrogens is 442 g/mol. The van der Waals surface area contributed by atoms with Gasteiger partial charge in [0.15, 0.2) is 5.96 Å². The summed E-state index contributed by atoms with van der Waals surface area (Å²) in [6, 6.07) is 6.64. The molecule has 2 rings (SSSR count). The van der Waals surface area contributed by atoms with Crippen molar-refractivity contribution in [3.63, 3.8) is 0 Å². The quantitative estimate of drug-likeness (QED) is 0.280. The molecule has 0 aliphatic carbocycles. The summed E-state index contributed by atoms with van der Waals surface area (Å²) in [4.78, 5) is 9.01. The number of halogens is 2. The second-order valence-corrected chi connectivity index (χ2v) is 7.19. The monoisotopic (exact) mass is 476 g/mol. The first-order chi connectivity index (χ1) is 12.1. The highest BCUT2D eigenvalue weighted by Gasteiger charge is 2.14. The van der Waals surface area contributed by atoms with E-state index in [2.05, 4.69) is 27.0 Å². The number of nitrogens with one attached hydrogen (secondary N) is 1. The fourth-order valence-corrected chi connectivity index (χ4v) is 3.27. The first-order valence-corrected chi connectivity index (χ1v) is 9.47. The molecular formula is C20H34FIN4. The van der Waals surface area contributed by atoms with Crippen LogP contribution in [0.5, 0.6) is 0 Å². The van der Waals surface area contributed by atoms with E-state index in [0.29, 0.717) is 6.54 Å². The predicted molar refractivity (Wildman–Crippen MR) is 119 cm³/mol. The van der Waals surface area contributed by atoms with E-state index in [1.54, 1.807) is 7.05 Å². The van der Waals surface area contributed by atoms with Crippen molar-refractivity contribution in [3.05, 3.63) is 35.6 Å². The summed E-state index contributed by atoms with van der Waals surface area (Å²) in [6.07, 6.45) is 5.06. The van der Waals surface area contributed by atoms with Crippen LogP contribution in [0.2, 0.25) is 0 Å². The van der Waals surface area contributed by atoms with E-state index >= 15 is 0 Å². The van der Waals surface area contributed by atoms with Gasteiger partial charge < -0.3 is 15.1 Å². The number of hydrogen-bond donors (Lipinski definition) is 1. The summed E-state index contributed by atoms with van der Waals surface area (Å²) in [5.74, 6) is 1.59. The number of unbranched alkanes of at least 4 members (excludes halogenated alkanes) is 1. The van der Waals surface area contributed by atoms with Gasteiger partial charge in [0.05, 0.1) is 0 Å². The van der Waals surface area contributed by atoms with E-state index in [-0.39, 0.29) is 29.8 Å². The van der Waals surface area contributed by atoms with Gasteiger partial charge in [-0.15, -0.1) is 24.0 Å². The van der Waals surface area contributed by atoms with Gasteiger partial charge in [-0.2, -0.15) is 0 Å². The molecule has 1 aliphatic heterocycles. The molecule has 148 valence electrons. The van der Waals surface area contributed by atoms with E-state index in [1.165, 1.54) is 51.0 Å². The van der Waals surface area contributed by atoms with E-state index in [1.807, 2.05) is 19.2 Å². The molecule has 0 aromatic heterocycles. The van der Waals surface area contributed by atoms with Crippen LogP contribution in [0.15, 0.2) is 29.3 Å². The van der Waals surface area contributed by atoms with Gasteiger partial charge in [-0.25, -0.2) is 4.39 Å². The average Bonchev–Trinajstić information content (AvgIpc) is 2.61. The minimum atomic E-state index is -0.197. The molecule has 0 radical (unpaired) electrons. The van der Waals surface area contributed by atoms with Crippen molar-refractivity contribution >= 4 is 29.9 Å². The van der Waals surface area contributed by atoms with Gasteiger partial charge in [0.1, 0.15) is 5.82 Å². The largest absolute Gasteiger partial charge is 0.356 e. The molecule has 0 atom stereocenters. The minimum absolute atomic E-state index is 0. The Morgan fingerprint density at radius 3 is 2.50 bits per heavy atom. The molecule has 1 aromatic carbocycles. The highest BCUT2D eigenvalue weighted by Crippen LogP contribution is 2.16. The van der Waals surface area contributed by atoms with Crippen LogP contribution in [-0.2, 0) is 6.54 Å². The zero-order valence-electron chi connectivity index (χ0n) is 16.4. The Morgan fingerprint density at radius 2 is 1.88 bits per heavy atom. The summed E-state index contributed by atoms with van der Waals surface area (Å²) in [5, 5.41) is 3.43. The number of hydrogen-bond acceptors (Lipinski definition) is 2. The second-order valence-electron chi connectivity index (χ2n) is 7.19. The molecule has 0 spiro atoms. The maximum absolute atomic E-state index is 13.0. The molecule has 1 aliphatic rings. The van der Waals surface area contributed by atoms with Crippen molar-refractivity contribution in [2.75, 3.05) is 40.3 Å². The lowest BCUT2D eigenvalue weighted by atomic mass is 9.99. The number of guanidine groups is 1. The number of piperidine rings is 1. The third-order valence-electron chi connectivity index (χ3n) is 4.97. The lowest BCUT2D eigenvalue weighted by Crippen LogP contribution is -2.39. The Kier molecular flexibility index (Phi) is 11.1. The number of benzene rings is 1. The Labute approximate surface area is 175 Å². The van der Waals surface area contributed by atoms with Crippen LogP contribution in [-0.4, -0.2) is 56.0 Å². The fourth-order valence-electron chi connectivity index (χ4n) is 3.27. The molecule has 6 heteroatoms. The molecule has 1 saturated heterocycles. The average molecular weight is 476 g/mol. The summed E-state index contributed by atoms with van der Waals surface area (Å²) < 4.78 is 13.0. The van der Waals surface area contributed by atoms with E-state index in [4.69, 9.17) is 0 Å². The highest BCUT2D eigenvalue weighted by atomic mass is 127. The summed E-state index contributed by atoms with van der Waals surface area (Å²) in [5.41, 5.74) is 1.08. The predicted octanol–water partition coefficient (Wildman–Crippen LogP) is 3.96. The normalized spacial score (nSPS) is 16.2. The Balaban J connectivity index is 0.00000338. The van der Waals surface area contributed by atoms with Crippen LogP contribution in [0.3, 0.4) is 0 Å². The molecule has 1 heterocycles. The lowest BCUT2D eigenvalue weighted by molar-refractivity contribution is 0.189. The summed E-state index contributed by atoms with van der Waals surface area (Å²) in [6.45, 7) is 7.73. The number of aliphatic imine (C=N–C) groups is 1. The van der Waals surface area contributed by atoms with Gasteiger partial charge in [-0.1, -0.05) is 19.1 Å². The number of likely N-dealkylation sites (tertiary alicyclic amines) is 1. The van der Waals surface area contributed by atoms with Gasteiger partial charge >= 0.3 is 0 Å². The van der Waals surface area contributed by atoms with Gasteiger partial charge in [0.2, 0.25) is 0 Å². The van der Waals surface area contributed by atoms with Crippen molar-refractivity contribution < 1.29 is 4.39 Å². The third kappa shape index (κ3) is 8.20. The van der Waals surface area contributed by atoms with Crippen molar-refractivity contribution in [2.24, 2.45) is 10.9 Å². The first-order valence-electron chi connectivity index (χ1n) is 9.47. The zero-order chi connectivity index (χ0) is 18.1. The van der Waals surface area contributed by atoms with Crippen molar-refractivity contribution in [3.8, 4) is 0 Å². The van der Waals surface area contributed by atoms with Crippen LogP contribution < -0.4 is 5.32 Å². The standard InChI is InChI=1S/C20H33FN4.HI/c1-17-10-14-25(15-11-17)13-5-4-12-23-20(22-2)24(3)16-18-6-8-19(21)9-7-18;/h6-9,17H,4-5,10-16H2,1-3H3,(H,22,23);1H. The van der Waals surface area contributed by atoms with Crippen LogP contribution in [0.4, 0.5) is 4.39 Å². The van der Waals surface area contributed by atoms with E-state index < -0.39 is 0 Å². The smallest absolute Gasteiger partial charge is 0.193 e. The van der Waals surface area contributed by atoms with Gasteiger partial charge in [-0.05, 0) is 68.9 Å².